The summed E-state index contributed by atoms with van der Waals surface area (Å²) in [6.45, 7) is 5.17. The number of benzene rings is 2. The number of rotatable bonds is 5. The summed E-state index contributed by atoms with van der Waals surface area (Å²) in [5.41, 5.74) is 3.72. The van der Waals surface area contributed by atoms with E-state index in [0.717, 1.165) is 29.1 Å². The van der Waals surface area contributed by atoms with Gasteiger partial charge in [0, 0.05) is 17.8 Å². The van der Waals surface area contributed by atoms with E-state index < -0.39 is 0 Å². The molecule has 2 nitrogen and oxygen atoms in total. The van der Waals surface area contributed by atoms with Crippen LogP contribution in [0.3, 0.4) is 0 Å². The molecule has 3 aromatic rings. The summed E-state index contributed by atoms with van der Waals surface area (Å²) in [4.78, 5) is 12.9. The summed E-state index contributed by atoms with van der Waals surface area (Å²) in [5, 5.41) is 0. The summed E-state index contributed by atoms with van der Waals surface area (Å²) in [7, 11) is 0. The van der Waals surface area contributed by atoms with Gasteiger partial charge in [-0.2, -0.15) is 0 Å². The monoisotopic (exact) mass is 303 g/mol. The Balaban J connectivity index is 2.07. The lowest BCUT2D eigenvalue weighted by Crippen LogP contribution is -2.14. The van der Waals surface area contributed by atoms with Gasteiger partial charge < -0.3 is 4.57 Å². The van der Waals surface area contributed by atoms with E-state index in [2.05, 4.69) is 30.5 Å². The number of nitrogens with zero attached hydrogens (tertiary/aromatic N) is 1. The number of carbonyl (C=O) groups is 1. The van der Waals surface area contributed by atoms with E-state index in [1.165, 1.54) is 0 Å². The molecule has 0 aliphatic rings. The molecule has 0 bridgehead atoms. The standard InChI is InChI=1S/C21H21NO/c1-16(2)15-22-19(17-9-5-3-6-10-17)13-14-20(22)21(23)18-11-7-4-8-12-18/h3-14,16H,15H2,1-2H3. The molecular weight excluding hydrogens is 282 g/mol. The molecule has 1 aromatic heterocycles. The fourth-order valence-corrected chi connectivity index (χ4v) is 2.83. The SMILES string of the molecule is CC(C)Cn1c(C(=O)c2ccccc2)ccc1-c1ccccc1. The molecule has 116 valence electrons. The third-order valence-electron chi connectivity index (χ3n) is 3.87. The topological polar surface area (TPSA) is 22.0 Å². The zero-order chi connectivity index (χ0) is 16.2. The molecular formula is C21H21NO. The minimum atomic E-state index is 0.0773. The second kappa shape index (κ2) is 6.66. The smallest absolute Gasteiger partial charge is 0.209 e. The maximum Gasteiger partial charge on any atom is 0.209 e. The third kappa shape index (κ3) is 3.26. The van der Waals surface area contributed by atoms with E-state index in [4.69, 9.17) is 0 Å². The van der Waals surface area contributed by atoms with Crippen molar-refractivity contribution >= 4 is 5.78 Å². The van der Waals surface area contributed by atoms with E-state index in [-0.39, 0.29) is 5.78 Å². The molecule has 2 heteroatoms. The highest BCUT2D eigenvalue weighted by Gasteiger charge is 2.18. The Hall–Kier alpha value is -2.61. The lowest BCUT2D eigenvalue weighted by molar-refractivity contribution is 0.103. The first-order valence-electron chi connectivity index (χ1n) is 8.01. The van der Waals surface area contributed by atoms with Crippen LogP contribution in [0.4, 0.5) is 0 Å². The van der Waals surface area contributed by atoms with Gasteiger partial charge in [0.25, 0.3) is 0 Å². The molecule has 0 aliphatic carbocycles. The molecule has 0 fully saturated rings. The summed E-state index contributed by atoms with van der Waals surface area (Å²) in [5.74, 6) is 0.542. The molecule has 0 N–H and O–H groups in total. The van der Waals surface area contributed by atoms with Gasteiger partial charge in [-0.1, -0.05) is 74.5 Å². The summed E-state index contributed by atoms with van der Waals surface area (Å²) < 4.78 is 2.15. The zero-order valence-electron chi connectivity index (χ0n) is 13.6. The lowest BCUT2D eigenvalue weighted by atomic mass is 10.1. The van der Waals surface area contributed by atoms with Crippen molar-refractivity contribution in [3.8, 4) is 11.3 Å². The van der Waals surface area contributed by atoms with Gasteiger partial charge in [-0.05, 0) is 23.6 Å². The molecule has 0 saturated carbocycles. The minimum Gasteiger partial charge on any atom is -0.338 e. The van der Waals surface area contributed by atoms with Gasteiger partial charge in [0.05, 0.1) is 5.69 Å². The quantitative estimate of drug-likeness (QED) is 0.605. The number of carbonyl (C=O) groups excluding carboxylic acids is 1. The van der Waals surface area contributed by atoms with Crippen molar-refractivity contribution in [1.82, 2.24) is 4.57 Å². The summed E-state index contributed by atoms with van der Waals surface area (Å²) in [6.07, 6.45) is 0. The van der Waals surface area contributed by atoms with Gasteiger partial charge in [-0.25, -0.2) is 0 Å². The first kappa shape index (κ1) is 15.3. The Morgan fingerprint density at radius 2 is 1.48 bits per heavy atom. The van der Waals surface area contributed by atoms with Crippen molar-refractivity contribution in [3.63, 3.8) is 0 Å². The molecule has 0 saturated heterocycles. The molecule has 2 aromatic carbocycles. The maximum absolute atomic E-state index is 12.9. The van der Waals surface area contributed by atoms with Crippen molar-refractivity contribution in [3.05, 3.63) is 84.1 Å². The van der Waals surface area contributed by atoms with Gasteiger partial charge in [0.1, 0.15) is 0 Å². The number of aromatic nitrogens is 1. The van der Waals surface area contributed by atoms with Crippen LogP contribution in [-0.2, 0) is 6.54 Å². The van der Waals surface area contributed by atoms with Crippen molar-refractivity contribution in [1.29, 1.82) is 0 Å². The van der Waals surface area contributed by atoms with Crippen LogP contribution >= 0.6 is 0 Å². The minimum absolute atomic E-state index is 0.0773. The van der Waals surface area contributed by atoms with Crippen molar-refractivity contribution in [2.24, 2.45) is 5.92 Å². The first-order chi connectivity index (χ1) is 11.2. The van der Waals surface area contributed by atoms with E-state index in [0.29, 0.717) is 5.92 Å². The second-order valence-corrected chi connectivity index (χ2v) is 6.17. The molecule has 0 radical (unpaired) electrons. The van der Waals surface area contributed by atoms with E-state index in [1.807, 2.05) is 60.7 Å². The molecule has 1 heterocycles. The van der Waals surface area contributed by atoms with E-state index in [1.54, 1.807) is 0 Å². The van der Waals surface area contributed by atoms with Crippen LogP contribution in [-0.4, -0.2) is 10.4 Å². The van der Waals surface area contributed by atoms with Crippen molar-refractivity contribution < 1.29 is 4.79 Å². The Bertz CT molecular complexity index is 785. The molecule has 23 heavy (non-hydrogen) atoms. The zero-order valence-corrected chi connectivity index (χ0v) is 13.6. The predicted molar refractivity (Wildman–Crippen MR) is 94.6 cm³/mol. The first-order valence-corrected chi connectivity index (χ1v) is 8.01. The van der Waals surface area contributed by atoms with Crippen LogP contribution in [0, 0.1) is 5.92 Å². The van der Waals surface area contributed by atoms with Gasteiger partial charge in [-0.3, -0.25) is 4.79 Å². The molecule has 0 unspecified atom stereocenters. The highest BCUT2D eigenvalue weighted by Crippen LogP contribution is 2.25. The highest BCUT2D eigenvalue weighted by atomic mass is 16.1. The van der Waals surface area contributed by atoms with Crippen LogP contribution < -0.4 is 0 Å². The van der Waals surface area contributed by atoms with E-state index in [9.17, 15) is 4.79 Å². The summed E-state index contributed by atoms with van der Waals surface area (Å²) in [6, 6.07) is 23.7. The Labute approximate surface area is 137 Å². The van der Waals surface area contributed by atoms with Crippen LogP contribution in [0.2, 0.25) is 0 Å². The molecule has 0 amide bonds. The molecule has 3 rings (SSSR count). The van der Waals surface area contributed by atoms with Gasteiger partial charge in [-0.15, -0.1) is 0 Å². The average Bonchev–Trinajstić information content (AvgIpc) is 2.98. The fraction of sp³-hybridized carbons (Fsp3) is 0.190. The number of hydrogen-bond acceptors (Lipinski definition) is 1. The van der Waals surface area contributed by atoms with Gasteiger partial charge in [0.15, 0.2) is 0 Å². The van der Waals surface area contributed by atoms with Gasteiger partial charge in [0.2, 0.25) is 5.78 Å². The van der Waals surface area contributed by atoms with E-state index >= 15 is 0 Å². The Kier molecular flexibility index (Phi) is 4.42. The van der Waals surface area contributed by atoms with Crippen LogP contribution in [0.1, 0.15) is 29.9 Å². The third-order valence-corrected chi connectivity index (χ3v) is 3.87. The number of ketones is 1. The summed E-state index contributed by atoms with van der Waals surface area (Å²) >= 11 is 0. The highest BCUT2D eigenvalue weighted by molar-refractivity contribution is 6.08. The normalized spacial score (nSPS) is 10.9. The van der Waals surface area contributed by atoms with Crippen molar-refractivity contribution in [2.45, 2.75) is 20.4 Å². The average molecular weight is 303 g/mol. The fourth-order valence-electron chi connectivity index (χ4n) is 2.83. The van der Waals surface area contributed by atoms with Crippen LogP contribution in [0.15, 0.2) is 72.8 Å². The molecule has 0 spiro atoms. The van der Waals surface area contributed by atoms with Crippen LogP contribution in [0.5, 0.6) is 0 Å². The Morgan fingerprint density at radius 3 is 2.09 bits per heavy atom. The molecule has 0 atom stereocenters. The lowest BCUT2D eigenvalue weighted by Gasteiger charge is -2.15. The van der Waals surface area contributed by atoms with Gasteiger partial charge >= 0.3 is 0 Å². The molecule has 0 aliphatic heterocycles. The largest absolute Gasteiger partial charge is 0.338 e. The second-order valence-electron chi connectivity index (χ2n) is 6.17. The maximum atomic E-state index is 12.9. The number of hydrogen-bond donors (Lipinski definition) is 0. The Morgan fingerprint density at radius 1 is 0.870 bits per heavy atom. The van der Waals surface area contributed by atoms with Crippen molar-refractivity contribution in [2.75, 3.05) is 0 Å². The predicted octanol–water partition coefficient (Wildman–Crippen LogP) is 5.04. The van der Waals surface area contributed by atoms with Crippen LogP contribution in [0.25, 0.3) is 11.3 Å².